The lowest BCUT2D eigenvalue weighted by molar-refractivity contribution is -0.119. The van der Waals surface area contributed by atoms with Gasteiger partial charge in [-0.2, -0.15) is 0 Å². The van der Waals surface area contributed by atoms with Crippen molar-refractivity contribution >= 4 is 40.0 Å². The van der Waals surface area contributed by atoms with Gasteiger partial charge in [0.05, 0.1) is 28.5 Å². The quantitative estimate of drug-likeness (QED) is 0.656. The standard InChI is InChI=1S/C23H21N5O4/c29-20(9-11-27-13-24-17-5-2-1-4-15(17)22(27)31)25-14-7-8-18-16(12-14)23(32)28-10-3-6-19(28)21(30)26-18/h1-2,4-5,7-8,12-13,19H,3,6,9-11H2,(H,25,29)(H,26,30). The minimum absolute atomic E-state index is 0.0654. The second-order valence-corrected chi connectivity index (χ2v) is 7.96. The van der Waals surface area contributed by atoms with Crippen molar-refractivity contribution in [2.24, 2.45) is 0 Å². The predicted octanol–water partition coefficient (Wildman–Crippen LogP) is 1.98. The largest absolute Gasteiger partial charge is 0.327 e. The van der Waals surface area contributed by atoms with Gasteiger partial charge in [-0.1, -0.05) is 12.1 Å². The van der Waals surface area contributed by atoms with E-state index in [0.717, 1.165) is 6.42 Å². The Balaban J connectivity index is 1.30. The molecule has 3 amide bonds. The van der Waals surface area contributed by atoms with Crippen LogP contribution in [0.25, 0.3) is 10.9 Å². The average Bonchev–Trinajstić information content (AvgIpc) is 3.26. The average molecular weight is 431 g/mol. The molecule has 9 nitrogen and oxygen atoms in total. The third-order valence-electron chi connectivity index (χ3n) is 5.92. The smallest absolute Gasteiger partial charge is 0.261 e. The molecule has 0 radical (unpaired) electrons. The van der Waals surface area contributed by atoms with Crippen LogP contribution in [-0.2, 0) is 16.1 Å². The first kappa shape index (κ1) is 19.9. The fourth-order valence-corrected chi connectivity index (χ4v) is 4.27. The van der Waals surface area contributed by atoms with Crippen molar-refractivity contribution in [3.63, 3.8) is 0 Å². The number of anilines is 2. The number of benzene rings is 2. The molecule has 2 aliphatic heterocycles. The summed E-state index contributed by atoms with van der Waals surface area (Å²) in [4.78, 5) is 56.2. The van der Waals surface area contributed by atoms with Gasteiger partial charge in [-0.15, -0.1) is 0 Å². The monoisotopic (exact) mass is 431 g/mol. The first-order valence-corrected chi connectivity index (χ1v) is 10.5. The Hall–Kier alpha value is -4.01. The van der Waals surface area contributed by atoms with Gasteiger partial charge in [-0.25, -0.2) is 4.98 Å². The molecule has 162 valence electrons. The molecule has 1 aromatic heterocycles. The lowest BCUT2D eigenvalue weighted by Crippen LogP contribution is -2.40. The van der Waals surface area contributed by atoms with Crippen LogP contribution >= 0.6 is 0 Å². The number of carbonyl (C=O) groups excluding carboxylic acids is 3. The minimum Gasteiger partial charge on any atom is -0.327 e. The van der Waals surface area contributed by atoms with Crippen LogP contribution in [0.4, 0.5) is 11.4 Å². The van der Waals surface area contributed by atoms with E-state index >= 15 is 0 Å². The number of nitrogens with one attached hydrogen (secondary N) is 2. The third kappa shape index (κ3) is 3.51. The highest BCUT2D eigenvalue weighted by Gasteiger charge is 2.38. The number of aromatic nitrogens is 2. The lowest BCUT2D eigenvalue weighted by atomic mass is 10.1. The first-order valence-electron chi connectivity index (χ1n) is 10.5. The summed E-state index contributed by atoms with van der Waals surface area (Å²) in [6, 6.07) is 11.5. The van der Waals surface area contributed by atoms with Crippen LogP contribution < -0.4 is 16.2 Å². The van der Waals surface area contributed by atoms with Gasteiger partial charge in [0.15, 0.2) is 0 Å². The number of para-hydroxylation sites is 1. The Morgan fingerprint density at radius 2 is 2.00 bits per heavy atom. The van der Waals surface area contributed by atoms with Crippen LogP contribution in [-0.4, -0.2) is 44.8 Å². The summed E-state index contributed by atoms with van der Waals surface area (Å²) >= 11 is 0. The van der Waals surface area contributed by atoms with E-state index in [1.165, 1.54) is 10.9 Å². The van der Waals surface area contributed by atoms with E-state index in [0.29, 0.717) is 40.8 Å². The molecule has 2 aliphatic rings. The molecule has 1 saturated heterocycles. The molecule has 3 aromatic rings. The second-order valence-electron chi connectivity index (χ2n) is 7.96. The zero-order chi connectivity index (χ0) is 22.2. The Bertz CT molecular complexity index is 1320. The SMILES string of the molecule is O=C(CCn1cnc2ccccc2c1=O)Nc1ccc2c(c1)C(=O)N1CCCC1C(=O)N2. The fraction of sp³-hybridized carbons (Fsp3) is 0.261. The number of aryl methyl sites for hydroxylation is 1. The van der Waals surface area contributed by atoms with Crippen molar-refractivity contribution in [1.29, 1.82) is 0 Å². The topological polar surface area (TPSA) is 113 Å². The molecular formula is C23H21N5O4. The van der Waals surface area contributed by atoms with Crippen molar-refractivity contribution in [2.75, 3.05) is 17.2 Å². The zero-order valence-electron chi connectivity index (χ0n) is 17.2. The Kier molecular flexibility index (Phi) is 4.93. The van der Waals surface area contributed by atoms with E-state index in [1.807, 2.05) is 6.07 Å². The number of rotatable bonds is 4. The van der Waals surface area contributed by atoms with E-state index in [1.54, 1.807) is 41.3 Å². The highest BCUT2D eigenvalue weighted by molar-refractivity contribution is 6.11. The molecule has 0 spiro atoms. The van der Waals surface area contributed by atoms with Gasteiger partial charge in [-0.3, -0.25) is 23.7 Å². The van der Waals surface area contributed by atoms with E-state index in [2.05, 4.69) is 15.6 Å². The fourth-order valence-electron chi connectivity index (χ4n) is 4.27. The van der Waals surface area contributed by atoms with Crippen LogP contribution in [0.1, 0.15) is 29.6 Å². The Morgan fingerprint density at radius 3 is 2.88 bits per heavy atom. The highest BCUT2D eigenvalue weighted by atomic mass is 16.2. The second kappa shape index (κ2) is 7.92. The van der Waals surface area contributed by atoms with Gasteiger partial charge >= 0.3 is 0 Å². The molecule has 0 aliphatic carbocycles. The van der Waals surface area contributed by atoms with Crippen LogP contribution in [0.2, 0.25) is 0 Å². The number of carbonyl (C=O) groups is 3. The van der Waals surface area contributed by atoms with E-state index in [-0.39, 0.29) is 36.2 Å². The van der Waals surface area contributed by atoms with Gasteiger partial charge in [0, 0.05) is 25.2 Å². The van der Waals surface area contributed by atoms with Crippen molar-refractivity contribution < 1.29 is 14.4 Å². The summed E-state index contributed by atoms with van der Waals surface area (Å²) in [6.45, 7) is 0.722. The molecular weight excluding hydrogens is 410 g/mol. The molecule has 1 fully saturated rings. The zero-order valence-corrected chi connectivity index (χ0v) is 17.2. The van der Waals surface area contributed by atoms with Crippen LogP contribution in [0, 0.1) is 0 Å². The van der Waals surface area contributed by atoms with Crippen LogP contribution in [0.5, 0.6) is 0 Å². The lowest BCUT2D eigenvalue weighted by Gasteiger charge is -2.20. The van der Waals surface area contributed by atoms with Crippen molar-refractivity contribution in [3.8, 4) is 0 Å². The van der Waals surface area contributed by atoms with Crippen LogP contribution in [0.15, 0.2) is 53.6 Å². The van der Waals surface area contributed by atoms with Gasteiger partial charge in [0.25, 0.3) is 11.5 Å². The van der Waals surface area contributed by atoms with Gasteiger partial charge < -0.3 is 15.5 Å². The van der Waals surface area contributed by atoms with E-state index < -0.39 is 6.04 Å². The van der Waals surface area contributed by atoms with Crippen molar-refractivity contribution in [1.82, 2.24) is 14.5 Å². The maximum Gasteiger partial charge on any atom is 0.261 e. The molecule has 2 N–H and O–H groups in total. The summed E-state index contributed by atoms with van der Waals surface area (Å²) in [7, 11) is 0. The van der Waals surface area contributed by atoms with Crippen molar-refractivity contribution in [3.05, 3.63) is 64.7 Å². The summed E-state index contributed by atoms with van der Waals surface area (Å²) < 4.78 is 1.41. The van der Waals surface area contributed by atoms with Crippen molar-refractivity contribution in [2.45, 2.75) is 31.8 Å². The molecule has 2 aromatic carbocycles. The van der Waals surface area contributed by atoms with Gasteiger partial charge in [0.2, 0.25) is 11.8 Å². The number of fused-ring (bicyclic) bond motifs is 3. The predicted molar refractivity (Wildman–Crippen MR) is 118 cm³/mol. The molecule has 1 unspecified atom stereocenters. The molecule has 1 atom stereocenters. The molecule has 5 rings (SSSR count). The molecule has 0 saturated carbocycles. The van der Waals surface area contributed by atoms with E-state index in [4.69, 9.17) is 0 Å². The summed E-state index contributed by atoms with van der Waals surface area (Å²) in [5.74, 6) is -0.694. The number of hydrogen-bond acceptors (Lipinski definition) is 5. The maximum absolute atomic E-state index is 12.9. The summed E-state index contributed by atoms with van der Waals surface area (Å²) in [5, 5.41) is 6.09. The van der Waals surface area contributed by atoms with Gasteiger partial charge in [0.1, 0.15) is 6.04 Å². The molecule has 32 heavy (non-hydrogen) atoms. The van der Waals surface area contributed by atoms with Gasteiger partial charge in [-0.05, 0) is 43.2 Å². The summed E-state index contributed by atoms with van der Waals surface area (Å²) in [6.07, 6.45) is 2.95. The van der Waals surface area contributed by atoms with E-state index in [9.17, 15) is 19.2 Å². The molecule has 0 bridgehead atoms. The Labute approximate surface area is 183 Å². The maximum atomic E-state index is 12.9. The van der Waals surface area contributed by atoms with Crippen LogP contribution in [0.3, 0.4) is 0 Å². The molecule has 9 heteroatoms. The third-order valence-corrected chi connectivity index (χ3v) is 5.92. The number of nitrogens with zero attached hydrogens (tertiary/aromatic N) is 3. The normalized spacial score (nSPS) is 17.5. The first-order chi connectivity index (χ1) is 15.5. The molecule has 3 heterocycles. The number of amides is 3. The highest BCUT2D eigenvalue weighted by Crippen LogP contribution is 2.30. The Morgan fingerprint density at radius 1 is 1.16 bits per heavy atom. The summed E-state index contributed by atoms with van der Waals surface area (Å²) in [5.41, 5.74) is 1.67. The number of hydrogen-bond donors (Lipinski definition) is 2. The minimum atomic E-state index is -0.443.